The Bertz CT molecular complexity index is 778. The summed E-state index contributed by atoms with van der Waals surface area (Å²) in [5, 5.41) is 10.4. The summed E-state index contributed by atoms with van der Waals surface area (Å²) in [5.74, 6) is 1.14. The minimum Gasteiger partial charge on any atom is -0.488 e. The fourth-order valence-corrected chi connectivity index (χ4v) is 3.64. The predicted molar refractivity (Wildman–Crippen MR) is 113 cm³/mol. The Labute approximate surface area is 177 Å². The molecule has 1 aromatic carbocycles. The maximum atomic E-state index is 12.9. The predicted octanol–water partition coefficient (Wildman–Crippen LogP) is 3.04. The Kier molecular flexibility index (Phi) is 8.49. The lowest BCUT2D eigenvalue weighted by Gasteiger charge is -2.37. The van der Waals surface area contributed by atoms with Crippen molar-refractivity contribution < 1.29 is 18.8 Å². The van der Waals surface area contributed by atoms with Gasteiger partial charge in [0.1, 0.15) is 18.1 Å². The van der Waals surface area contributed by atoms with Crippen LogP contribution in [0.4, 0.5) is 0 Å². The standard InChI is InChI=1S/C21H29N3O4.ClH/c1-15-18(16(2)28-24-15)12-27-19-7-5-4-6-17(19)20(25)23-13-21(14-26-3)8-10-22-11-9-21;/h4-7,22H,8-14H2,1-3H3,(H,23,25);1H. The molecule has 2 heterocycles. The average Bonchev–Trinajstić information content (AvgIpc) is 3.03. The van der Waals surface area contributed by atoms with Crippen LogP contribution in [0.1, 0.15) is 40.2 Å². The highest BCUT2D eigenvalue weighted by Crippen LogP contribution is 2.29. The zero-order valence-electron chi connectivity index (χ0n) is 17.2. The zero-order chi connectivity index (χ0) is 20.0. The van der Waals surface area contributed by atoms with Crippen LogP contribution in [-0.4, -0.2) is 44.4 Å². The summed E-state index contributed by atoms with van der Waals surface area (Å²) >= 11 is 0. The molecule has 0 atom stereocenters. The van der Waals surface area contributed by atoms with Gasteiger partial charge >= 0.3 is 0 Å². The van der Waals surface area contributed by atoms with Crippen LogP contribution in [0.5, 0.6) is 5.75 Å². The van der Waals surface area contributed by atoms with Gasteiger partial charge in [-0.25, -0.2) is 0 Å². The van der Waals surface area contributed by atoms with Crippen LogP contribution in [0.25, 0.3) is 0 Å². The van der Waals surface area contributed by atoms with Gasteiger partial charge < -0.3 is 24.6 Å². The molecule has 0 spiro atoms. The second kappa shape index (κ2) is 10.6. The molecule has 160 valence electrons. The van der Waals surface area contributed by atoms with Crippen LogP contribution in [0.15, 0.2) is 28.8 Å². The molecule has 1 fully saturated rings. The van der Waals surface area contributed by atoms with E-state index < -0.39 is 0 Å². The number of hydrogen-bond acceptors (Lipinski definition) is 6. The van der Waals surface area contributed by atoms with Crippen molar-refractivity contribution in [3.8, 4) is 5.75 Å². The maximum Gasteiger partial charge on any atom is 0.255 e. The third-order valence-electron chi connectivity index (χ3n) is 5.42. The van der Waals surface area contributed by atoms with Crippen LogP contribution < -0.4 is 15.4 Å². The molecule has 0 unspecified atom stereocenters. The number of nitrogens with zero attached hydrogens (tertiary/aromatic N) is 1. The number of piperidine rings is 1. The molecule has 3 rings (SSSR count). The van der Waals surface area contributed by atoms with Gasteiger partial charge in [-0.3, -0.25) is 4.79 Å². The first-order valence-corrected chi connectivity index (χ1v) is 9.66. The molecule has 2 aromatic rings. The van der Waals surface area contributed by atoms with Crippen LogP contribution >= 0.6 is 12.4 Å². The number of carbonyl (C=O) groups is 1. The maximum absolute atomic E-state index is 12.9. The minimum atomic E-state index is -0.136. The summed E-state index contributed by atoms with van der Waals surface area (Å²) in [6.07, 6.45) is 1.95. The fraction of sp³-hybridized carbons (Fsp3) is 0.524. The van der Waals surface area contributed by atoms with Gasteiger partial charge in [0.05, 0.1) is 23.4 Å². The number of benzene rings is 1. The van der Waals surface area contributed by atoms with Gasteiger partial charge in [0.25, 0.3) is 5.91 Å². The highest BCUT2D eigenvalue weighted by atomic mass is 35.5. The number of amides is 1. The molecule has 0 saturated carbocycles. The second-order valence-electron chi connectivity index (χ2n) is 7.45. The van der Waals surface area contributed by atoms with Crippen molar-refractivity contribution in [2.75, 3.05) is 33.4 Å². The van der Waals surface area contributed by atoms with E-state index in [1.54, 1.807) is 13.2 Å². The zero-order valence-corrected chi connectivity index (χ0v) is 18.1. The number of aryl methyl sites for hydroxylation is 2. The third-order valence-corrected chi connectivity index (χ3v) is 5.42. The molecule has 1 aromatic heterocycles. The first kappa shape index (κ1) is 23.2. The van der Waals surface area contributed by atoms with Crippen molar-refractivity contribution in [2.45, 2.75) is 33.3 Å². The van der Waals surface area contributed by atoms with Crippen LogP contribution in [-0.2, 0) is 11.3 Å². The lowest BCUT2D eigenvalue weighted by atomic mass is 9.79. The topological polar surface area (TPSA) is 85.6 Å². The van der Waals surface area contributed by atoms with Crippen molar-refractivity contribution in [1.82, 2.24) is 15.8 Å². The number of para-hydroxylation sites is 1. The molecule has 1 saturated heterocycles. The van der Waals surface area contributed by atoms with Gasteiger partial charge in [0.2, 0.25) is 0 Å². The molecule has 0 bridgehead atoms. The van der Waals surface area contributed by atoms with Gasteiger partial charge in [-0.1, -0.05) is 17.3 Å². The van der Waals surface area contributed by atoms with Gasteiger partial charge in [-0.05, 0) is 51.9 Å². The second-order valence-corrected chi connectivity index (χ2v) is 7.45. The first-order chi connectivity index (χ1) is 13.5. The molecule has 1 amide bonds. The van der Waals surface area contributed by atoms with E-state index in [0.29, 0.717) is 31.1 Å². The Balaban J connectivity index is 0.00000300. The van der Waals surface area contributed by atoms with Gasteiger partial charge in [0.15, 0.2) is 0 Å². The molecular weight excluding hydrogens is 394 g/mol. The van der Waals surface area contributed by atoms with Crippen molar-refractivity contribution in [3.63, 3.8) is 0 Å². The number of rotatable bonds is 8. The molecule has 0 radical (unpaired) electrons. The Morgan fingerprint density at radius 1 is 1.28 bits per heavy atom. The molecule has 8 heteroatoms. The number of hydrogen-bond donors (Lipinski definition) is 2. The third kappa shape index (κ3) is 5.72. The van der Waals surface area contributed by atoms with E-state index in [1.165, 1.54) is 0 Å². The molecular formula is C21H30ClN3O4. The van der Waals surface area contributed by atoms with Gasteiger partial charge in [-0.15, -0.1) is 12.4 Å². The molecule has 7 nitrogen and oxygen atoms in total. The summed E-state index contributed by atoms with van der Waals surface area (Å²) in [4.78, 5) is 12.9. The molecule has 2 N–H and O–H groups in total. The summed E-state index contributed by atoms with van der Waals surface area (Å²) in [6.45, 7) is 7.14. The van der Waals surface area contributed by atoms with Crippen LogP contribution in [0.2, 0.25) is 0 Å². The number of aromatic nitrogens is 1. The fourth-order valence-electron chi connectivity index (χ4n) is 3.64. The summed E-state index contributed by atoms with van der Waals surface area (Å²) < 4.78 is 16.5. The average molecular weight is 424 g/mol. The largest absolute Gasteiger partial charge is 0.488 e. The van der Waals surface area contributed by atoms with E-state index in [1.807, 2.05) is 32.0 Å². The quantitative estimate of drug-likeness (QED) is 0.678. The highest BCUT2D eigenvalue weighted by molar-refractivity contribution is 5.96. The summed E-state index contributed by atoms with van der Waals surface area (Å²) in [5.41, 5.74) is 2.20. The minimum absolute atomic E-state index is 0. The van der Waals surface area contributed by atoms with Gasteiger partial charge in [0, 0.05) is 19.1 Å². The van der Waals surface area contributed by atoms with Crippen LogP contribution in [0, 0.1) is 19.3 Å². The lowest BCUT2D eigenvalue weighted by molar-refractivity contribution is 0.0511. The summed E-state index contributed by atoms with van der Waals surface area (Å²) in [7, 11) is 1.71. The number of nitrogens with one attached hydrogen (secondary N) is 2. The van der Waals surface area contributed by atoms with Crippen molar-refractivity contribution in [3.05, 3.63) is 46.8 Å². The molecule has 29 heavy (non-hydrogen) atoms. The Morgan fingerprint density at radius 3 is 2.66 bits per heavy atom. The van der Waals surface area contributed by atoms with E-state index >= 15 is 0 Å². The lowest BCUT2D eigenvalue weighted by Crippen LogP contribution is -2.47. The molecule has 1 aliphatic rings. The normalized spacial score (nSPS) is 15.4. The monoisotopic (exact) mass is 423 g/mol. The van der Waals surface area contributed by atoms with Crippen molar-refractivity contribution >= 4 is 18.3 Å². The van der Waals surface area contributed by atoms with E-state index in [-0.39, 0.29) is 23.7 Å². The highest BCUT2D eigenvalue weighted by Gasteiger charge is 2.32. The van der Waals surface area contributed by atoms with Gasteiger partial charge in [-0.2, -0.15) is 0 Å². The molecule has 1 aliphatic heterocycles. The SMILES string of the molecule is COCC1(CNC(=O)c2ccccc2OCc2c(C)noc2C)CCNCC1.Cl. The van der Waals surface area contributed by atoms with E-state index in [4.69, 9.17) is 14.0 Å². The van der Waals surface area contributed by atoms with Crippen LogP contribution in [0.3, 0.4) is 0 Å². The first-order valence-electron chi connectivity index (χ1n) is 9.66. The number of ether oxygens (including phenoxy) is 2. The van der Waals surface area contributed by atoms with E-state index in [2.05, 4.69) is 15.8 Å². The van der Waals surface area contributed by atoms with E-state index in [0.717, 1.165) is 42.9 Å². The summed E-state index contributed by atoms with van der Waals surface area (Å²) in [6, 6.07) is 7.29. The Hall–Kier alpha value is -2.09. The van der Waals surface area contributed by atoms with Crippen molar-refractivity contribution in [1.29, 1.82) is 0 Å². The Morgan fingerprint density at radius 2 is 2.00 bits per heavy atom. The smallest absolute Gasteiger partial charge is 0.255 e. The number of carbonyl (C=O) groups excluding carboxylic acids is 1. The molecule has 0 aliphatic carbocycles. The van der Waals surface area contributed by atoms with Crippen molar-refractivity contribution in [2.24, 2.45) is 5.41 Å². The van der Waals surface area contributed by atoms with E-state index in [9.17, 15) is 4.79 Å². The number of methoxy groups -OCH3 is 1. The number of halogens is 1.